The van der Waals surface area contributed by atoms with Crippen LogP contribution >= 0.6 is 0 Å². The van der Waals surface area contributed by atoms with Crippen LogP contribution in [-0.2, 0) is 0 Å². The van der Waals surface area contributed by atoms with Gasteiger partial charge in [-0.1, -0.05) is 12.1 Å². The molecule has 27 heavy (non-hydrogen) atoms. The van der Waals surface area contributed by atoms with Crippen LogP contribution < -0.4 is 11.1 Å². The Bertz CT molecular complexity index is 1150. The molecule has 1 amide bonds. The van der Waals surface area contributed by atoms with E-state index < -0.39 is 11.7 Å². The molecule has 4 aromatic rings. The number of nitrogens with two attached hydrogens (primary N) is 1. The zero-order chi connectivity index (χ0) is 18.8. The number of aromatic nitrogens is 3. The fourth-order valence-corrected chi connectivity index (χ4v) is 2.75. The van der Waals surface area contributed by atoms with E-state index in [0.717, 1.165) is 5.56 Å². The highest BCUT2D eigenvalue weighted by Crippen LogP contribution is 2.29. The summed E-state index contributed by atoms with van der Waals surface area (Å²) in [6.07, 6.45) is 3.30. The van der Waals surface area contributed by atoms with Crippen molar-refractivity contribution >= 4 is 28.3 Å². The van der Waals surface area contributed by atoms with E-state index in [1.807, 2.05) is 6.07 Å². The van der Waals surface area contributed by atoms with E-state index in [2.05, 4.69) is 20.3 Å². The average molecular weight is 359 g/mol. The van der Waals surface area contributed by atoms with Crippen LogP contribution in [0.1, 0.15) is 10.4 Å². The van der Waals surface area contributed by atoms with E-state index >= 15 is 0 Å². The first kappa shape index (κ1) is 16.6. The molecule has 0 spiro atoms. The van der Waals surface area contributed by atoms with Crippen molar-refractivity contribution in [3.63, 3.8) is 0 Å². The number of halogens is 1. The molecule has 0 saturated carbocycles. The van der Waals surface area contributed by atoms with E-state index in [0.29, 0.717) is 33.8 Å². The molecule has 3 N–H and O–H groups in total. The summed E-state index contributed by atoms with van der Waals surface area (Å²) >= 11 is 0. The second-order valence-electron chi connectivity index (χ2n) is 5.83. The van der Waals surface area contributed by atoms with E-state index in [-0.39, 0.29) is 0 Å². The van der Waals surface area contributed by atoms with Gasteiger partial charge in [-0.2, -0.15) is 0 Å². The van der Waals surface area contributed by atoms with Crippen LogP contribution in [0.15, 0.2) is 67.0 Å². The molecule has 0 bridgehead atoms. The van der Waals surface area contributed by atoms with Gasteiger partial charge in [-0.15, -0.1) is 0 Å². The molecular formula is C20H14FN5O. The van der Waals surface area contributed by atoms with Crippen molar-refractivity contribution in [1.82, 2.24) is 15.0 Å². The third-order valence-corrected chi connectivity index (χ3v) is 4.02. The van der Waals surface area contributed by atoms with Crippen LogP contribution in [-0.4, -0.2) is 20.9 Å². The molecule has 0 aliphatic carbocycles. The Kier molecular flexibility index (Phi) is 4.18. The summed E-state index contributed by atoms with van der Waals surface area (Å²) in [6, 6.07) is 14.7. The van der Waals surface area contributed by atoms with Crippen molar-refractivity contribution in [3.8, 4) is 11.4 Å². The van der Waals surface area contributed by atoms with Crippen LogP contribution in [0.25, 0.3) is 22.3 Å². The number of nitrogens with one attached hydrogen (secondary N) is 1. The maximum atomic E-state index is 13.8. The van der Waals surface area contributed by atoms with E-state index in [1.165, 1.54) is 12.1 Å². The second-order valence-corrected chi connectivity index (χ2v) is 5.83. The van der Waals surface area contributed by atoms with Gasteiger partial charge < -0.3 is 11.1 Å². The summed E-state index contributed by atoms with van der Waals surface area (Å²) < 4.78 is 13.8. The normalized spacial score (nSPS) is 10.7. The van der Waals surface area contributed by atoms with Gasteiger partial charge in [0, 0.05) is 23.3 Å². The van der Waals surface area contributed by atoms with E-state index in [1.54, 1.807) is 48.8 Å². The molecule has 132 valence electrons. The van der Waals surface area contributed by atoms with Gasteiger partial charge in [-0.3, -0.25) is 9.78 Å². The Hall–Kier alpha value is -3.87. The number of primary amides is 1. The Morgan fingerprint density at radius 1 is 1.04 bits per heavy atom. The Labute approximate surface area is 153 Å². The highest BCUT2D eigenvalue weighted by Gasteiger charge is 2.13. The number of hydrogen-bond donors (Lipinski definition) is 2. The molecule has 0 fully saturated rings. The minimum atomic E-state index is -0.574. The first-order valence-corrected chi connectivity index (χ1v) is 8.15. The third-order valence-electron chi connectivity index (χ3n) is 4.02. The predicted molar refractivity (Wildman–Crippen MR) is 101 cm³/mol. The van der Waals surface area contributed by atoms with Crippen LogP contribution in [0.2, 0.25) is 0 Å². The van der Waals surface area contributed by atoms with E-state index in [9.17, 15) is 9.18 Å². The number of amides is 1. The third kappa shape index (κ3) is 3.30. The van der Waals surface area contributed by atoms with Gasteiger partial charge in [0.25, 0.3) is 5.91 Å². The minimum Gasteiger partial charge on any atom is -0.366 e. The summed E-state index contributed by atoms with van der Waals surface area (Å²) in [5.74, 6) is -0.185. The number of para-hydroxylation sites is 1. The number of rotatable bonds is 4. The van der Waals surface area contributed by atoms with Gasteiger partial charge in [-0.05, 0) is 42.5 Å². The van der Waals surface area contributed by atoms with Crippen molar-refractivity contribution < 1.29 is 9.18 Å². The molecular weight excluding hydrogens is 345 g/mol. The average Bonchev–Trinajstić information content (AvgIpc) is 2.69. The Balaban J connectivity index is 1.91. The van der Waals surface area contributed by atoms with Crippen LogP contribution in [0.4, 0.5) is 15.9 Å². The number of benzene rings is 2. The number of pyridine rings is 1. The van der Waals surface area contributed by atoms with Crippen molar-refractivity contribution in [2.24, 2.45) is 5.73 Å². The summed E-state index contributed by atoms with van der Waals surface area (Å²) in [5, 5.41) is 3.58. The second kappa shape index (κ2) is 6.80. The molecule has 6 nitrogen and oxygen atoms in total. The fraction of sp³-hybridized carbons (Fsp3) is 0. The van der Waals surface area contributed by atoms with Crippen molar-refractivity contribution in [3.05, 3.63) is 78.4 Å². The lowest BCUT2D eigenvalue weighted by Crippen LogP contribution is -2.13. The van der Waals surface area contributed by atoms with Crippen LogP contribution in [0.5, 0.6) is 0 Å². The number of nitrogens with zero attached hydrogens (tertiary/aromatic N) is 3. The van der Waals surface area contributed by atoms with Crippen LogP contribution in [0.3, 0.4) is 0 Å². The largest absolute Gasteiger partial charge is 0.366 e. The number of carbonyl (C=O) groups is 1. The Morgan fingerprint density at radius 3 is 2.67 bits per heavy atom. The minimum absolute atomic E-state index is 0.309. The van der Waals surface area contributed by atoms with Gasteiger partial charge >= 0.3 is 0 Å². The predicted octanol–water partition coefficient (Wildman–Crippen LogP) is 3.67. The zero-order valence-corrected chi connectivity index (χ0v) is 14.1. The number of carbonyl (C=O) groups excluding carboxylic acids is 1. The standard InChI is InChI=1S/C20H14FN5O/c21-13-7-8-17-15(10-13)20(25-16-6-2-1-5-14(16)18(22)27)26-19(24-17)12-4-3-9-23-11-12/h1-11H,(H2,22,27)(H,24,25,26). The monoisotopic (exact) mass is 359 g/mol. The van der Waals surface area contributed by atoms with Gasteiger partial charge in [-0.25, -0.2) is 14.4 Å². The topological polar surface area (TPSA) is 93.8 Å². The zero-order valence-electron chi connectivity index (χ0n) is 14.1. The lowest BCUT2D eigenvalue weighted by molar-refractivity contribution is 0.100. The SMILES string of the molecule is NC(=O)c1ccccc1Nc1nc(-c2cccnc2)nc2ccc(F)cc12. The van der Waals surface area contributed by atoms with Crippen molar-refractivity contribution in [1.29, 1.82) is 0 Å². The molecule has 0 aliphatic heterocycles. The molecule has 4 rings (SSSR count). The maximum absolute atomic E-state index is 13.8. The number of fused-ring (bicyclic) bond motifs is 1. The smallest absolute Gasteiger partial charge is 0.250 e. The molecule has 2 aromatic carbocycles. The first-order valence-electron chi connectivity index (χ1n) is 8.15. The summed E-state index contributed by atoms with van der Waals surface area (Å²) in [6.45, 7) is 0. The van der Waals surface area contributed by atoms with Crippen LogP contribution in [0, 0.1) is 5.82 Å². The number of hydrogen-bond acceptors (Lipinski definition) is 5. The lowest BCUT2D eigenvalue weighted by atomic mass is 10.1. The number of anilines is 2. The summed E-state index contributed by atoms with van der Waals surface area (Å²) in [7, 11) is 0. The van der Waals surface area contributed by atoms with E-state index in [4.69, 9.17) is 5.73 Å². The van der Waals surface area contributed by atoms with Gasteiger partial charge in [0.05, 0.1) is 16.8 Å². The van der Waals surface area contributed by atoms with Gasteiger partial charge in [0.2, 0.25) is 0 Å². The quantitative estimate of drug-likeness (QED) is 0.580. The lowest BCUT2D eigenvalue weighted by Gasteiger charge is -2.13. The Morgan fingerprint density at radius 2 is 1.89 bits per heavy atom. The van der Waals surface area contributed by atoms with Gasteiger partial charge in [0.1, 0.15) is 11.6 Å². The van der Waals surface area contributed by atoms with Gasteiger partial charge in [0.15, 0.2) is 5.82 Å². The first-order chi connectivity index (χ1) is 13.1. The molecule has 2 aromatic heterocycles. The molecule has 0 aliphatic rings. The highest BCUT2D eigenvalue weighted by molar-refractivity contribution is 6.00. The highest BCUT2D eigenvalue weighted by atomic mass is 19.1. The summed E-state index contributed by atoms with van der Waals surface area (Å²) in [5.41, 5.74) is 7.51. The summed E-state index contributed by atoms with van der Waals surface area (Å²) in [4.78, 5) is 24.8. The molecule has 0 saturated heterocycles. The molecule has 2 heterocycles. The molecule has 0 unspecified atom stereocenters. The molecule has 0 radical (unpaired) electrons. The maximum Gasteiger partial charge on any atom is 0.250 e. The van der Waals surface area contributed by atoms with Crippen molar-refractivity contribution in [2.45, 2.75) is 0 Å². The van der Waals surface area contributed by atoms with Crippen molar-refractivity contribution in [2.75, 3.05) is 5.32 Å². The fourth-order valence-electron chi connectivity index (χ4n) is 2.75. The molecule has 0 atom stereocenters. The molecule has 7 heteroatoms.